The Hall–Kier alpha value is -2.18. The van der Waals surface area contributed by atoms with Crippen molar-refractivity contribution in [1.82, 2.24) is 14.5 Å². The molecule has 0 saturated carbocycles. The lowest BCUT2D eigenvalue weighted by Crippen LogP contribution is -2.21. The van der Waals surface area contributed by atoms with Crippen molar-refractivity contribution in [3.63, 3.8) is 0 Å². The summed E-state index contributed by atoms with van der Waals surface area (Å²) >= 11 is 0. The first-order valence-electron chi connectivity index (χ1n) is 10.9. The number of rotatable bonds is 6. The van der Waals surface area contributed by atoms with Gasteiger partial charge in [0.05, 0.1) is 23.3 Å². The molecule has 2 saturated heterocycles. The Morgan fingerprint density at radius 1 is 1.14 bits per heavy atom. The minimum Gasteiger partial charge on any atom is -0.491 e. The van der Waals surface area contributed by atoms with Crippen LogP contribution in [0.15, 0.2) is 24.4 Å². The van der Waals surface area contributed by atoms with E-state index >= 15 is 0 Å². The van der Waals surface area contributed by atoms with Gasteiger partial charge in [-0.25, -0.2) is 4.98 Å². The normalized spacial score (nSPS) is 20.7. The van der Waals surface area contributed by atoms with Gasteiger partial charge in [-0.2, -0.15) is 0 Å². The van der Waals surface area contributed by atoms with Crippen molar-refractivity contribution in [2.24, 2.45) is 5.92 Å². The maximum absolute atomic E-state index is 5.99. The number of pyridine rings is 1. The van der Waals surface area contributed by atoms with Gasteiger partial charge in [0.2, 0.25) is 0 Å². The van der Waals surface area contributed by atoms with Crippen LogP contribution < -0.4 is 4.74 Å². The van der Waals surface area contributed by atoms with E-state index < -0.39 is 0 Å². The van der Waals surface area contributed by atoms with Crippen molar-refractivity contribution in [1.29, 1.82) is 0 Å². The summed E-state index contributed by atoms with van der Waals surface area (Å²) in [4.78, 5) is 9.56. The van der Waals surface area contributed by atoms with Crippen LogP contribution in [0.3, 0.4) is 0 Å². The van der Waals surface area contributed by atoms with Crippen LogP contribution in [0.25, 0.3) is 21.9 Å². The molecule has 0 amide bonds. The van der Waals surface area contributed by atoms with Crippen LogP contribution in [-0.4, -0.2) is 47.1 Å². The lowest BCUT2D eigenvalue weighted by atomic mass is 10.00. The molecular weight excluding hydrogens is 366 g/mol. The molecule has 0 N–H and O–H groups in total. The molecule has 29 heavy (non-hydrogen) atoms. The SMILES string of the molecule is CCc1nc2cnc3cc(OC[C@H]4CCCO4)ccc3c2n1CC1CCOCC1. The molecule has 2 fully saturated rings. The Kier molecular flexibility index (Phi) is 5.38. The molecule has 154 valence electrons. The summed E-state index contributed by atoms with van der Waals surface area (Å²) in [5, 5.41) is 1.14. The Bertz CT molecular complexity index is 988. The monoisotopic (exact) mass is 395 g/mol. The Balaban J connectivity index is 1.48. The van der Waals surface area contributed by atoms with Crippen molar-refractivity contribution in [2.45, 2.75) is 51.7 Å². The first-order chi connectivity index (χ1) is 14.3. The third-order valence-electron chi connectivity index (χ3n) is 6.18. The highest BCUT2D eigenvalue weighted by Crippen LogP contribution is 2.30. The predicted molar refractivity (Wildman–Crippen MR) is 112 cm³/mol. The Morgan fingerprint density at radius 2 is 2.03 bits per heavy atom. The summed E-state index contributed by atoms with van der Waals surface area (Å²) in [5.74, 6) is 2.63. The van der Waals surface area contributed by atoms with Gasteiger partial charge in [0.15, 0.2) is 0 Å². The lowest BCUT2D eigenvalue weighted by Gasteiger charge is -2.23. The van der Waals surface area contributed by atoms with E-state index in [9.17, 15) is 0 Å². The Labute approximate surface area is 171 Å². The summed E-state index contributed by atoms with van der Waals surface area (Å²) in [6.07, 6.45) is 7.48. The number of ether oxygens (including phenoxy) is 3. The van der Waals surface area contributed by atoms with Gasteiger partial charge in [-0.1, -0.05) is 6.92 Å². The van der Waals surface area contributed by atoms with Gasteiger partial charge in [0.1, 0.15) is 23.7 Å². The largest absolute Gasteiger partial charge is 0.491 e. The average molecular weight is 396 g/mol. The molecular formula is C23H29N3O3. The van der Waals surface area contributed by atoms with Gasteiger partial charge < -0.3 is 18.8 Å². The second-order valence-electron chi connectivity index (χ2n) is 8.16. The lowest BCUT2D eigenvalue weighted by molar-refractivity contribution is 0.0614. The van der Waals surface area contributed by atoms with Crippen LogP contribution in [0.1, 0.15) is 38.4 Å². The van der Waals surface area contributed by atoms with Crippen molar-refractivity contribution in [2.75, 3.05) is 26.4 Å². The number of imidazole rings is 1. The number of fused-ring (bicyclic) bond motifs is 3. The predicted octanol–water partition coefficient (Wildman–Crippen LogP) is 4.13. The van der Waals surface area contributed by atoms with Crippen LogP contribution in [0, 0.1) is 5.92 Å². The summed E-state index contributed by atoms with van der Waals surface area (Å²) < 4.78 is 19.6. The fourth-order valence-electron chi connectivity index (χ4n) is 4.55. The molecule has 6 nitrogen and oxygen atoms in total. The molecule has 6 heteroatoms. The number of benzene rings is 1. The maximum atomic E-state index is 5.99. The third-order valence-corrected chi connectivity index (χ3v) is 6.18. The standard InChI is InChI=1S/C23H29N3O3/c1-2-22-25-21-13-24-20-12-17(29-15-18-4-3-9-28-18)5-6-19(20)23(21)26(22)14-16-7-10-27-11-8-16/h5-6,12-13,16,18H,2-4,7-11,14-15H2,1H3/t18-/m1/s1. The molecule has 3 aromatic rings. The van der Waals surface area contributed by atoms with Crippen molar-refractivity contribution < 1.29 is 14.2 Å². The van der Waals surface area contributed by atoms with Gasteiger partial charge in [0, 0.05) is 44.2 Å². The number of aromatic nitrogens is 3. The fourth-order valence-corrected chi connectivity index (χ4v) is 4.55. The summed E-state index contributed by atoms with van der Waals surface area (Å²) in [6.45, 7) is 6.37. The van der Waals surface area contributed by atoms with Crippen LogP contribution in [0.2, 0.25) is 0 Å². The van der Waals surface area contributed by atoms with Gasteiger partial charge in [-0.15, -0.1) is 0 Å². The van der Waals surface area contributed by atoms with Crippen molar-refractivity contribution in [3.8, 4) is 5.75 Å². The average Bonchev–Trinajstić information content (AvgIpc) is 3.41. The number of hydrogen-bond acceptors (Lipinski definition) is 5. The molecule has 0 spiro atoms. The highest BCUT2D eigenvalue weighted by atomic mass is 16.5. The Morgan fingerprint density at radius 3 is 2.83 bits per heavy atom. The van der Waals surface area contributed by atoms with Crippen LogP contribution in [-0.2, 0) is 22.4 Å². The third kappa shape index (κ3) is 3.83. The van der Waals surface area contributed by atoms with Gasteiger partial charge in [-0.3, -0.25) is 4.98 Å². The van der Waals surface area contributed by atoms with E-state index in [-0.39, 0.29) is 6.10 Å². The highest BCUT2D eigenvalue weighted by Gasteiger charge is 2.20. The second-order valence-corrected chi connectivity index (χ2v) is 8.16. The molecule has 1 atom stereocenters. The van der Waals surface area contributed by atoms with E-state index in [1.165, 1.54) is 5.52 Å². The molecule has 2 aliphatic heterocycles. The van der Waals surface area contributed by atoms with Crippen molar-refractivity contribution >= 4 is 21.9 Å². The molecule has 0 bridgehead atoms. The van der Waals surface area contributed by atoms with Gasteiger partial charge >= 0.3 is 0 Å². The molecule has 2 aliphatic rings. The summed E-state index contributed by atoms with van der Waals surface area (Å²) in [5.41, 5.74) is 3.14. The van der Waals surface area contributed by atoms with Crippen LogP contribution >= 0.6 is 0 Å². The number of hydrogen-bond donors (Lipinski definition) is 0. The molecule has 0 unspecified atom stereocenters. The minimum absolute atomic E-state index is 0.217. The fraction of sp³-hybridized carbons (Fsp3) is 0.565. The first kappa shape index (κ1) is 18.8. The van der Waals surface area contributed by atoms with Gasteiger partial charge in [-0.05, 0) is 43.7 Å². The molecule has 5 rings (SSSR count). The zero-order chi connectivity index (χ0) is 19.6. The number of nitrogens with zero attached hydrogens (tertiary/aromatic N) is 3. The molecule has 0 aliphatic carbocycles. The van der Waals surface area contributed by atoms with E-state index in [4.69, 9.17) is 19.2 Å². The molecule has 1 aromatic carbocycles. The molecule has 0 radical (unpaired) electrons. The van der Waals surface area contributed by atoms with Crippen LogP contribution in [0.4, 0.5) is 0 Å². The molecule has 2 aromatic heterocycles. The molecule has 4 heterocycles. The highest BCUT2D eigenvalue weighted by molar-refractivity contribution is 6.02. The van der Waals surface area contributed by atoms with E-state index in [0.29, 0.717) is 12.5 Å². The smallest absolute Gasteiger partial charge is 0.121 e. The summed E-state index contributed by atoms with van der Waals surface area (Å²) in [7, 11) is 0. The van der Waals surface area contributed by atoms with E-state index in [0.717, 1.165) is 86.5 Å². The van der Waals surface area contributed by atoms with E-state index in [1.54, 1.807) is 0 Å². The topological polar surface area (TPSA) is 58.4 Å². The zero-order valence-corrected chi connectivity index (χ0v) is 17.1. The zero-order valence-electron chi connectivity index (χ0n) is 17.1. The minimum atomic E-state index is 0.217. The summed E-state index contributed by atoms with van der Waals surface area (Å²) in [6, 6.07) is 6.23. The van der Waals surface area contributed by atoms with E-state index in [2.05, 4.69) is 28.6 Å². The van der Waals surface area contributed by atoms with Gasteiger partial charge in [0.25, 0.3) is 0 Å². The second kappa shape index (κ2) is 8.28. The quantitative estimate of drug-likeness (QED) is 0.628. The van der Waals surface area contributed by atoms with Crippen molar-refractivity contribution in [3.05, 3.63) is 30.2 Å². The van der Waals surface area contributed by atoms with Crippen LogP contribution in [0.5, 0.6) is 5.75 Å². The number of aryl methyl sites for hydroxylation is 1. The first-order valence-corrected chi connectivity index (χ1v) is 10.9. The maximum Gasteiger partial charge on any atom is 0.121 e. The van der Waals surface area contributed by atoms with E-state index in [1.807, 2.05) is 12.3 Å².